The van der Waals surface area contributed by atoms with Crippen molar-refractivity contribution in [3.05, 3.63) is 33.8 Å². The summed E-state index contributed by atoms with van der Waals surface area (Å²) in [5.74, 6) is 0.778. The van der Waals surface area contributed by atoms with E-state index in [0.29, 0.717) is 23.2 Å². The SMILES string of the molecule is CCNC(=NCC1(CCO)CCOC1)NCCc1cc(Cl)cc(Cl)c1.I. The van der Waals surface area contributed by atoms with E-state index in [1.165, 1.54) is 0 Å². The van der Waals surface area contributed by atoms with Crippen molar-refractivity contribution in [2.45, 2.75) is 26.2 Å². The fraction of sp³-hybridized carbons (Fsp3) is 0.611. The minimum absolute atomic E-state index is 0. The molecule has 8 heteroatoms. The van der Waals surface area contributed by atoms with Crippen LogP contribution in [0, 0.1) is 5.41 Å². The zero-order valence-electron chi connectivity index (χ0n) is 15.1. The molecule has 1 saturated heterocycles. The summed E-state index contributed by atoms with van der Waals surface area (Å²) < 4.78 is 5.52. The van der Waals surface area contributed by atoms with Crippen molar-refractivity contribution in [2.75, 3.05) is 39.5 Å². The van der Waals surface area contributed by atoms with Crippen LogP contribution >= 0.6 is 47.2 Å². The van der Waals surface area contributed by atoms with Gasteiger partial charge in [-0.1, -0.05) is 23.2 Å². The Bertz CT molecular complexity index is 561. The van der Waals surface area contributed by atoms with Gasteiger partial charge in [0, 0.05) is 41.8 Å². The lowest BCUT2D eigenvalue weighted by Gasteiger charge is -2.24. The number of aliphatic hydroxyl groups is 1. The number of nitrogens with zero attached hydrogens (tertiary/aromatic N) is 1. The Morgan fingerprint density at radius 3 is 2.58 bits per heavy atom. The van der Waals surface area contributed by atoms with Crippen molar-refractivity contribution in [1.29, 1.82) is 0 Å². The van der Waals surface area contributed by atoms with Gasteiger partial charge in [0.1, 0.15) is 0 Å². The fourth-order valence-corrected chi connectivity index (χ4v) is 3.53. The normalized spacial score (nSPS) is 19.9. The van der Waals surface area contributed by atoms with E-state index in [2.05, 4.69) is 10.6 Å². The van der Waals surface area contributed by atoms with Crippen LogP contribution in [-0.2, 0) is 11.2 Å². The van der Waals surface area contributed by atoms with E-state index in [9.17, 15) is 5.11 Å². The van der Waals surface area contributed by atoms with Crippen LogP contribution in [0.25, 0.3) is 0 Å². The second-order valence-corrected chi connectivity index (χ2v) is 7.30. The summed E-state index contributed by atoms with van der Waals surface area (Å²) in [4.78, 5) is 4.70. The van der Waals surface area contributed by atoms with Gasteiger partial charge >= 0.3 is 0 Å². The monoisotopic (exact) mass is 515 g/mol. The van der Waals surface area contributed by atoms with Gasteiger partial charge in [-0.25, -0.2) is 0 Å². The summed E-state index contributed by atoms with van der Waals surface area (Å²) in [5.41, 5.74) is 1.04. The van der Waals surface area contributed by atoms with Gasteiger partial charge in [-0.15, -0.1) is 24.0 Å². The van der Waals surface area contributed by atoms with Crippen molar-refractivity contribution in [2.24, 2.45) is 10.4 Å². The lowest BCUT2D eigenvalue weighted by molar-refractivity contribution is 0.131. The number of benzene rings is 1. The average molecular weight is 516 g/mol. The molecule has 0 radical (unpaired) electrons. The molecule has 1 atom stereocenters. The molecule has 1 heterocycles. The summed E-state index contributed by atoms with van der Waals surface area (Å²) >= 11 is 12.1. The van der Waals surface area contributed by atoms with Crippen LogP contribution in [0.2, 0.25) is 10.0 Å². The lowest BCUT2D eigenvalue weighted by atomic mass is 9.84. The van der Waals surface area contributed by atoms with Gasteiger partial charge in [0.15, 0.2) is 5.96 Å². The van der Waals surface area contributed by atoms with E-state index in [4.69, 9.17) is 32.9 Å². The Kier molecular flexibility index (Phi) is 11.2. The molecule has 3 N–H and O–H groups in total. The molecule has 1 aliphatic rings. The molecule has 0 saturated carbocycles. The molecular weight excluding hydrogens is 488 g/mol. The summed E-state index contributed by atoms with van der Waals surface area (Å²) in [7, 11) is 0. The van der Waals surface area contributed by atoms with Crippen LogP contribution in [0.5, 0.6) is 0 Å². The van der Waals surface area contributed by atoms with Crippen molar-refractivity contribution < 1.29 is 9.84 Å². The molecule has 1 aromatic carbocycles. The van der Waals surface area contributed by atoms with E-state index in [0.717, 1.165) is 50.5 Å². The highest BCUT2D eigenvalue weighted by atomic mass is 127. The Morgan fingerprint density at radius 2 is 2.00 bits per heavy atom. The molecule has 1 unspecified atom stereocenters. The number of hydrogen-bond acceptors (Lipinski definition) is 3. The number of guanidine groups is 1. The minimum atomic E-state index is -0.0441. The molecule has 0 bridgehead atoms. The van der Waals surface area contributed by atoms with Gasteiger partial charge in [0.2, 0.25) is 0 Å². The Hall–Kier alpha value is -0.280. The first-order valence-electron chi connectivity index (χ1n) is 8.73. The highest BCUT2D eigenvalue weighted by Crippen LogP contribution is 2.32. The summed E-state index contributed by atoms with van der Waals surface area (Å²) in [5, 5.41) is 17.2. The maximum absolute atomic E-state index is 9.32. The Morgan fingerprint density at radius 1 is 1.27 bits per heavy atom. The molecule has 148 valence electrons. The average Bonchev–Trinajstić information content (AvgIpc) is 3.01. The van der Waals surface area contributed by atoms with Crippen LogP contribution in [-0.4, -0.2) is 50.5 Å². The quantitative estimate of drug-likeness (QED) is 0.281. The second kappa shape index (κ2) is 12.2. The Labute approximate surface area is 182 Å². The number of hydrogen-bond donors (Lipinski definition) is 3. The van der Waals surface area contributed by atoms with Gasteiger partial charge in [0.05, 0.1) is 13.2 Å². The molecule has 0 aromatic heterocycles. The molecule has 0 aliphatic carbocycles. The van der Waals surface area contributed by atoms with E-state index in [1.54, 1.807) is 6.07 Å². The molecule has 26 heavy (non-hydrogen) atoms. The van der Waals surface area contributed by atoms with Gasteiger partial charge in [-0.05, 0) is 49.9 Å². The van der Waals surface area contributed by atoms with E-state index >= 15 is 0 Å². The van der Waals surface area contributed by atoms with Crippen LogP contribution in [0.1, 0.15) is 25.3 Å². The summed E-state index contributed by atoms with van der Waals surface area (Å²) in [6.07, 6.45) is 2.46. The van der Waals surface area contributed by atoms with Crippen molar-refractivity contribution >= 4 is 53.1 Å². The predicted molar refractivity (Wildman–Crippen MR) is 119 cm³/mol. The summed E-state index contributed by atoms with van der Waals surface area (Å²) in [6.45, 7) is 5.77. The first kappa shape index (κ1) is 23.8. The standard InChI is InChI=1S/C18H27Cl2N3O2.HI/c1-2-21-17(23-12-18(4-7-24)5-8-25-13-18)22-6-3-14-9-15(19)11-16(20)10-14;/h9-11,24H,2-8,12-13H2,1H3,(H2,21,22,23);1H. The molecule has 0 amide bonds. The number of aliphatic hydroxyl groups excluding tert-OH is 1. The molecule has 1 fully saturated rings. The van der Waals surface area contributed by atoms with E-state index < -0.39 is 0 Å². The van der Waals surface area contributed by atoms with Gasteiger partial charge in [-0.3, -0.25) is 4.99 Å². The van der Waals surface area contributed by atoms with Crippen LogP contribution in [0.4, 0.5) is 0 Å². The maximum Gasteiger partial charge on any atom is 0.191 e. The third kappa shape index (κ3) is 7.76. The number of nitrogens with one attached hydrogen (secondary N) is 2. The number of rotatable bonds is 8. The van der Waals surface area contributed by atoms with Crippen molar-refractivity contribution in [3.63, 3.8) is 0 Å². The van der Waals surface area contributed by atoms with Crippen molar-refractivity contribution in [1.82, 2.24) is 10.6 Å². The molecule has 1 aromatic rings. The van der Waals surface area contributed by atoms with Gasteiger partial charge in [0.25, 0.3) is 0 Å². The van der Waals surface area contributed by atoms with Gasteiger partial charge in [-0.2, -0.15) is 0 Å². The number of halogens is 3. The van der Waals surface area contributed by atoms with Crippen molar-refractivity contribution in [3.8, 4) is 0 Å². The highest BCUT2D eigenvalue weighted by Gasteiger charge is 2.34. The topological polar surface area (TPSA) is 65.9 Å². The zero-order chi connectivity index (χ0) is 18.1. The number of ether oxygens (including phenoxy) is 1. The fourth-order valence-electron chi connectivity index (χ4n) is 2.96. The first-order chi connectivity index (χ1) is 12.1. The number of aliphatic imine (C=N–C) groups is 1. The highest BCUT2D eigenvalue weighted by molar-refractivity contribution is 14.0. The minimum Gasteiger partial charge on any atom is -0.396 e. The zero-order valence-corrected chi connectivity index (χ0v) is 18.9. The maximum atomic E-state index is 9.32. The third-order valence-corrected chi connectivity index (χ3v) is 4.81. The van der Waals surface area contributed by atoms with E-state index in [-0.39, 0.29) is 36.0 Å². The second-order valence-electron chi connectivity index (χ2n) is 6.43. The smallest absolute Gasteiger partial charge is 0.191 e. The first-order valence-corrected chi connectivity index (χ1v) is 9.48. The lowest BCUT2D eigenvalue weighted by Crippen LogP contribution is -2.39. The summed E-state index contributed by atoms with van der Waals surface area (Å²) in [6, 6.07) is 5.58. The molecule has 5 nitrogen and oxygen atoms in total. The van der Waals surface area contributed by atoms with Crippen LogP contribution in [0.3, 0.4) is 0 Å². The molecule has 2 rings (SSSR count). The largest absolute Gasteiger partial charge is 0.396 e. The van der Waals surface area contributed by atoms with E-state index in [1.807, 2.05) is 19.1 Å². The van der Waals surface area contributed by atoms with Gasteiger partial charge < -0.3 is 20.5 Å². The molecular formula is C18H28Cl2IN3O2. The van der Waals surface area contributed by atoms with Crippen LogP contribution in [0.15, 0.2) is 23.2 Å². The molecule has 1 aliphatic heterocycles. The third-order valence-electron chi connectivity index (χ3n) is 4.37. The molecule has 0 spiro atoms. The predicted octanol–water partition coefficient (Wildman–Crippen LogP) is 3.50. The Balaban J connectivity index is 0.00000338. The van der Waals surface area contributed by atoms with Crippen LogP contribution < -0.4 is 10.6 Å².